The highest BCUT2D eigenvalue weighted by atomic mass is 32.2. The fourth-order valence-electron chi connectivity index (χ4n) is 7.92. The average Bonchev–Trinajstić information content (AvgIpc) is 3.50. The SMILES string of the molecule is C/C=C/c1ccc(Nc2nc(Cc3cc(S(=O)(=O)[O-])ccc3S(=O)(=O)[O-])nc(N(CCC)CCC)n2)cc1S(=O)(=O)[O-].CCCN(CCC)c1nc(Cc2ccc(C)c(S(=O)(=O)[O-])c2)nc(Nc2cc(S(=O)(=O)[O-])ccc2S(=O)(=O)[O-])n1. The third kappa shape index (κ3) is 18.4. The molecule has 28 nitrogen and oxygen atoms in total. The van der Waals surface area contributed by atoms with E-state index in [9.17, 15) is 77.8 Å². The summed E-state index contributed by atoms with van der Waals surface area (Å²) >= 11 is 0. The van der Waals surface area contributed by atoms with Crippen molar-refractivity contribution in [1.29, 1.82) is 0 Å². The standard InChI is InChI=1S/C25H31N5O9S3.C23H29N5O9S3/c1-4-7-17-8-9-19(16-22(17)42(37,38)39)26-24-27-23(28-25(29-24)30(12-5-2)13-6-3)15-18-14-20(40(31,32)33)10-11-21(18)41(34,35)36;1-4-10-28(11-5-2)23-26-21(13-16-7-6-15(3)20(12-16)40(35,36)37)25-22(27-23)24-18-14-17(38(29,30)31)8-9-19(18)39(32,33)34/h4,7-11,14,16H,5-6,12-13,15H2,1-3H3,(H,31,32,33)(H,34,35,36)(H,37,38,39)(H,26,27,28,29);6-9,12,14H,4-5,10-11,13H2,1-3H3,(H,29,30,31)(H,32,33,34)(H,35,36,37)(H,24,25,26,27)/p-6/b7-4+;. The molecule has 0 spiro atoms. The molecule has 4 aromatic carbocycles. The number of aryl methyl sites for hydroxylation is 1. The summed E-state index contributed by atoms with van der Waals surface area (Å²) in [6.07, 6.45) is 5.34. The van der Waals surface area contributed by atoms with Crippen LogP contribution >= 0.6 is 0 Å². The van der Waals surface area contributed by atoms with Crippen molar-refractivity contribution in [2.75, 3.05) is 46.6 Å². The fourth-order valence-corrected chi connectivity index (χ4v) is 11.7. The third-order valence-electron chi connectivity index (χ3n) is 11.3. The maximum Gasteiger partial charge on any atom is 0.232 e. The van der Waals surface area contributed by atoms with Gasteiger partial charge in [0.15, 0.2) is 0 Å². The van der Waals surface area contributed by atoms with E-state index < -0.39 is 102 Å². The Morgan fingerprint density at radius 2 is 0.927 bits per heavy atom. The summed E-state index contributed by atoms with van der Waals surface area (Å²) in [5.41, 5.74) is 0.0879. The lowest BCUT2D eigenvalue weighted by atomic mass is 10.1. The molecular weight excluding hydrogens is 1200 g/mol. The van der Waals surface area contributed by atoms with Gasteiger partial charge in [-0.25, -0.2) is 50.5 Å². The summed E-state index contributed by atoms with van der Waals surface area (Å²) in [4.78, 5) is 25.7. The Bertz CT molecular complexity index is 4050. The smallest absolute Gasteiger partial charge is 0.232 e. The van der Waals surface area contributed by atoms with Crippen LogP contribution in [0.1, 0.15) is 94.2 Å². The first-order chi connectivity index (χ1) is 38.1. The van der Waals surface area contributed by atoms with Gasteiger partial charge in [-0.2, -0.15) is 29.9 Å². The van der Waals surface area contributed by atoms with Crippen LogP contribution < -0.4 is 20.4 Å². The number of hydrogen-bond donors (Lipinski definition) is 2. The Hall–Kier alpha value is -6.70. The van der Waals surface area contributed by atoms with E-state index in [1.165, 1.54) is 37.3 Å². The van der Waals surface area contributed by atoms with Gasteiger partial charge in [-0.15, -0.1) is 0 Å². The molecule has 6 aromatic rings. The highest BCUT2D eigenvalue weighted by Crippen LogP contribution is 2.30. The summed E-state index contributed by atoms with van der Waals surface area (Å²) in [6.45, 7) is 13.0. The van der Waals surface area contributed by atoms with Crippen LogP contribution in [0.2, 0.25) is 0 Å². The van der Waals surface area contributed by atoms with Crippen molar-refractivity contribution >= 4 is 102 Å². The van der Waals surface area contributed by atoms with Gasteiger partial charge in [0.1, 0.15) is 72.4 Å². The molecule has 6 rings (SSSR count). The van der Waals surface area contributed by atoms with Gasteiger partial charge in [-0.05, 0) is 116 Å². The second-order valence-electron chi connectivity index (χ2n) is 17.8. The zero-order valence-electron chi connectivity index (χ0n) is 44.5. The number of benzene rings is 4. The molecule has 0 radical (unpaired) electrons. The molecule has 446 valence electrons. The maximum atomic E-state index is 11.9. The second kappa shape index (κ2) is 27.1. The Morgan fingerprint density at radius 3 is 1.39 bits per heavy atom. The van der Waals surface area contributed by atoms with Crippen molar-refractivity contribution in [2.24, 2.45) is 0 Å². The number of hydrogen-bond acceptors (Lipinski definition) is 28. The topological polar surface area (TPSA) is 451 Å². The molecule has 0 saturated carbocycles. The Kier molecular flexibility index (Phi) is 21.9. The Balaban J connectivity index is 0.000000301. The summed E-state index contributed by atoms with van der Waals surface area (Å²) in [5.74, 6) is -0.0634. The monoisotopic (exact) mass is 1250 g/mol. The van der Waals surface area contributed by atoms with Crippen molar-refractivity contribution in [1.82, 2.24) is 29.9 Å². The van der Waals surface area contributed by atoms with Crippen LogP contribution in [0.25, 0.3) is 6.08 Å². The van der Waals surface area contributed by atoms with E-state index in [2.05, 4.69) is 40.5 Å². The van der Waals surface area contributed by atoms with Gasteiger partial charge >= 0.3 is 0 Å². The minimum Gasteiger partial charge on any atom is -0.744 e. The Labute approximate surface area is 475 Å². The fraction of sp³-hybridized carbons (Fsp3) is 0.333. The lowest BCUT2D eigenvalue weighted by molar-refractivity contribution is 0.457. The number of nitrogens with one attached hydrogen (secondary N) is 2. The largest absolute Gasteiger partial charge is 0.744 e. The van der Waals surface area contributed by atoms with Crippen LogP contribution in [-0.4, -0.2) is 134 Å². The van der Waals surface area contributed by atoms with Crippen LogP contribution in [0.3, 0.4) is 0 Å². The summed E-state index contributed by atoms with van der Waals surface area (Å²) in [7, 11) is -29.8. The molecule has 0 amide bonds. The van der Waals surface area contributed by atoms with Gasteiger partial charge in [-0.1, -0.05) is 58.0 Å². The van der Waals surface area contributed by atoms with Gasteiger partial charge in [0.25, 0.3) is 0 Å². The molecule has 0 aliphatic rings. The van der Waals surface area contributed by atoms with Crippen molar-refractivity contribution in [3.05, 3.63) is 113 Å². The molecule has 0 saturated heterocycles. The molecule has 0 atom stereocenters. The zero-order chi connectivity index (χ0) is 61.2. The second-order valence-corrected chi connectivity index (χ2v) is 26.0. The molecule has 0 fully saturated rings. The van der Waals surface area contributed by atoms with Crippen LogP contribution in [0.15, 0.2) is 108 Å². The number of aromatic nitrogens is 6. The van der Waals surface area contributed by atoms with Crippen LogP contribution in [-0.2, 0) is 73.6 Å². The van der Waals surface area contributed by atoms with E-state index in [1.54, 1.807) is 19.1 Å². The van der Waals surface area contributed by atoms with E-state index >= 15 is 0 Å². The molecule has 0 bridgehead atoms. The van der Waals surface area contributed by atoms with Gasteiger partial charge in [0.05, 0.1) is 35.1 Å². The lowest BCUT2D eigenvalue weighted by Gasteiger charge is -2.23. The van der Waals surface area contributed by atoms with Gasteiger partial charge in [0, 0.05) is 44.7 Å². The van der Waals surface area contributed by atoms with E-state index in [0.717, 1.165) is 24.3 Å². The van der Waals surface area contributed by atoms with Gasteiger partial charge < -0.3 is 47.7 Å². The Morgan fingerprint density at radius 1 is 0.463 bits per heavy atom. The predicted molar refractivity (Wildman–Crippen MR) is 290 cm³/mol. The van der Waals surface area contributed by atoms with Crippen LogP contribution in [0.5, 0.6) is 0 Å². The highest BCUT2D eigenvalue weighted by Gasteiger charge is 2.21. The first kappa shape index (κ1) is 66.1. The number of anilines is 6. The maximum absolute atomic E-state index is 11.9. The zero-order valence-corrected chi connectivity index (χ0v) is 49.4. The predicted octanol–water partition coefficient (Wildman–Crippen LogP) is 4.43. The average molecular weight is 1250 g/mol. The molecule has 2 aromatic heterocycles. The minimum absolute atomic E-state index is 0.0687. The minimum atomic E-state index is -5.12. The molecule has 0 unspecified atom stereocenters. The first-order valence-electron chi connectivity index (χ1n) is 24.5. The molecule has 0 aliphatic heterocycles. The third-order valence-corrected chi connectivity index (χ3v) is 16.7. The van der Waals surface area contributed by atoms with Crippen molar-refractivity contribution < 1.29 is 77.8 Å². The van der Waals surface area contributed by atoms with Crippen LogP contribution in [0, 0.1) is 6.92 Å². The van der Waals surface area contributed by atoms with E-state index in [0.29, 0.717) is 75.6 Å². The first-order valence-corrected chi connectivity index (χ1v) is 33.0. The van der Waals surface area contributed by atoms with Crippen molar-refractivity contribution in [3.8, 4) is 0 Å². The summed E-state index contributed by atoms with van der Waals surface area (Å²) in [5, 5.41) is 5.35. The quantitative estimate of drug-likeness (QED) is 0.0748. The highest BCUT2D eigenvalue weighted by molar-refractivity contribution is 7.87. The van der Waals surface area contributed by atoms with E-state index in [4.69, 9.17) is 0 Å². The van der Waals surface area contributed by atoms with Crippen LogP contribution in [0.4, 0.5) is 35.2 Å². The van der Waals surface area contributed by atoms with Crippen molar-refractivity contribution in [2.45, 2.75) is 109 Å². The molecule has 0 aliphatic carbocycles. The van der Waals surface area contributed by atoms with Gasteiger partial charge in [0.2, 0.25) is 23.8 Å². The van der Waals surface area contributed by atoms with Gasteiger partial charge in [-0.3, -0.25) is 0 Å². The molecule has 82 heavy (non-hydrogen) atoms. The lowest BCUT2D eigenvalue weighted by Crippen LogP contribution is -2.28. The molecule has 2 heterocycles. The molecule has 2 N–H and O–H groups in total. The summed E-state index contributed by atoms with van der Waals surface area (Å²) < 4.78 is 211. The normalized spacial score (nSPS) is 12.4. The molecule has 34 heteroatoms. The number of nitrogens with zero attached hydrogens (tertiary/aromatic N) is 8. The van der Waals surface area contributed by atoms with E-state index in [-0.39, 0.29) is 64.2 Å². The number of rotatable bonds is 25. The number of allylic oxidation sites excluding steroid dienone is 1. The summed E-state index contributed by atoms with van der Waals surface area (Å²) in [6, 6.07) is 12.6. The van der Waals surface area contributed by atoms with E-state index in [1.807, 2.05) is 37.5 Å². The van der Waals surface area contributed by atoms with Crippen molar-refractivity contribution in [3.63, 3.8) is 0 Å². The molecular formula is C48H54N10O18S6-6.